The summed E-state index contributed by atoms with van der Waals surface area (Å²) in [7, 11) is 0. The molecule has 292 valence electrons. The zero-order valence-electron chi connectivity index (χ0n) is 32.9. The normalized spacial score (nSPS) is 48.1. The van der Waals surface area contributed by atoms with Crippen LogP contribution in [0.3, 0.4) is 0 Å². The first-order chi connectivity index (χ1) is 24.1. The van der Waals surface area contributed by atoms with Gasteiger partial charge in [0.25, 0.3) is 0 Å². The van der Waals surface area contributed by atoms with Crippen molar-refractivity contribution >= 4 is 23.7 Å². The first-order valence-electron chi connectivity index (χ1n) is 19.4. The first kappa shape index (κ1) is 39.4. The van der Waals surface area contributed by atoms with E-state index in [1.807, 2.05) is 13.8 Å². The number of allylic oxidation sites excluding steroid dienone is 2. The molecule has 0 aromatic heterocycles. The van der Waals surface area contributed by atoms with E-state index >= 15 is 0 Å². The molecule has 5 fully saturated rings. The van der Waals surface area contributed by atoms with Crippen molar-refractivity contribution in [2.75, 3.05) is 13.2 Å². The van der Waals surface area contributed by atoms with Crippen LogP contribution < -0.4 is 0 Å². The lowest BCUT2D eigenvalue weighted by atomic mass is 9.30. The number of Topliss-reactive ketones (excluding diaryl/α,β-unsaturated/α-hetero) is 1. The van der Waals surface area contributed by atoms with Crippen molar-refractivity contribution in [3.63, 3.8) is 0 Å². The number of ether oxygens (including phenoxy) is 5. The van der Waals surface area contributed by atoms with Gasteiger partial charge in [-0.1, -0.05) is 53.2 Å². The Labute approximate surface area is 308 Å². The van der Waals surface area contributed by atoms with Gasteiger partial charge in [0.15, 0.2) is 12.4 Å². The Hall–Kier alpha value is -2.34. The van der Waals surface area contributed by atoms with E-state index in [2.05, 4.69) is 40.7 Å². The van der Waals surface area contributed by atoms with Gasteiger partial charge >= 0.3 is 17.9 Å². The van der Waals surface area contributed by atoms with Crippen molar-refractivity contribution in [3.8, 4) is 0 Å². The van der Waals surface area contributed by atoms with Gasteiger partial charge in [-0.05, 0) is 79.4 Å². The first-order valence-corrected chi connectivity index (χ1v) is 19.4. The van der Waals surface area contributed by atoms with E-state index < -0.39 is 59.0 Å². The Morgan fingerprint density at radius 3 is 2.21 bits per heavy atom. The molecule has 11 heteroatoms. The molecule has 1 heterocycles. The average Bonchev–Trinajstić information content (AvgIpc) is 3.04. The van der Waals surface area contributed by atoms with Crippen LogP contribution >= 0.6 is 0 Å². The second kappa shape index (κ2) is 13.4. The summed E-state index contributed by atoms with van der Waals surface area (Å²) in [6.07, 6.45) is 0.937. The molecule has 0 radical (unpaired) electrons. The maximum Gasteiger partial charge on any atom is 0.303 e. The number of hydrogen-bond acceptors (Lipinski definition) is 11. The minimum Gasteiger partial charge on any atom is -0.465 e. The predicted octanol–water partition coefficient (Wildman–Crippen LogP) is 5.32. The molecule has 6 rings (SSSR count). The molecule has 15 atom stereocenters. The van der Waals surface area contributed by atoms with Crippen LogP contribution in [0.1, 0.15) is 114 Å². The molecule has 0 aromatic carbocycles. The smallest absolute Gasteiger partial charge is 0.303 e. The molecule has 6 aliphatic rings. The molecule has 2 N–H and O–H groups in total. The fourth-order valence-corrected chi connectivity index (χ4v) is 13.3. The number of ketones is 1. The third kappa shape index (κ3) is 5.99. The molecule has 0 spiro atoms. The SMILES string of the molecule is CC(=O)OC[C@]12CC=C(C)[C@@H](C)[C@@H]1[C@H]1C[C@@H](OC(C)=O)[C@@H]3[C@@]4(C)CCC(=O)C(C)(C)[C@@H]4[C@@H](O[C@@H]4OC[C@H](O)[C@H](O)[C@H]4OC(C)=O)C[C@@]3(C)[C@]1(C)CC2. The Bertz CT molecular complexity index is 1490. The molecule has 0 bridgehead atoms. The van der Waals surface area contributed by atoms with E-state index in [-0.39, 0.29) is 64.7 Å². The monoisotopic (exact) mass is 730 g/mol. The topological polar surface area (TPSA) is 155 Å². The molecule has 0 aromatic rings. The highest BCUT2D eigenvalue weighted by Gasteiger charge is 2.75. The second-order valence-electron chi connectivity index (χ2n) is 18.8. The van der Waals surface area contributed by atoms with Gasteiger partial charge in [-0.25, -0.2) is 0 Å². The molecule has 0 unspecified atom stereocenters. The van der Waals surface area contributed by atoms with Crippen molar-refractivity contribution in [2.24, 2.45) is 56.7 Å². The molecule has 4 saturated carbocycles. The Morgan fingerprint density at radius 2 is 1.58 bits per heavy atom. The fourth-order valence-electron chi connectivity index (χ4n) is 13.3. The third-order valence-electron chi connectivity index (χ3n) is 15.8. The quantitative estimate of drug-likeness (QED) is 0.158. The molecule has 52 heavy (non-hydrogen) atoms. The molecular formula is C41H62O11. The maximum absolute atomic E-state index is 13.9. The predicted molar refractivity (Wildman–Crippen MR) is 189 cm³/mol. The lowest BCUT2D eigenvalue weighted by Gasteiger charge is -2.75. The zero-order valence-corrected chi connectivity index (χ0v) is 32.9. The van der Waals surface area contributed by atoms with E-state index in [1.165, 1.54) is 26.3 Å². The summed E-state index contributed by atoms with van der Waals surface area (Å²) in [6, 6.07) is 0. The summed E-state index contributed by atoms with van der Waals surface area (Å²) in [5, 5.41) is 21.5. The number of rotatable bonds is 6. The van der Waals surface area contributed by atoms with Gasteiger partial charge < -0.3 is 33.9 Å². The summed E-state index contributed by atoms with van der Waals surface area (Å²) in [6.45, 7) is 19.8. The van der Waals surface area contributed by atoms with Gasteiger partial charge in [-0.15, -0.1) is 0 Å². The average molecular weight is 731 g/mol. The fraction of sp³-hybridized carbons (Fsp3) is 0.854. The Morgan fingerprint density at radius 1 is 0.904 bits per heavy atom. The van der Waals surface area contributed by atoms with Crippen LogP contribution in [0.2, 0.25) is 0 Å². The van der Waals surface area contributed by atoms with Crippen LogP contribution in [0.5, 0.6) is 0 Å². The Balaban J connectivity index is 1.50. The maximum atomic E-state index is 13.9. The lowest BCUT2D eigenvalue weighted by Crippen LogP contribution is -2.73. The van der Waals surface area contributed by atoms with Crippen molar-refractivity contribution < 1.29 is 53.1 Å². The lowest BCUT2D eigenvalue weighted by molar-refractivity contribution is -0.335. The van der Waals surface area contributed by atoms with E-state index in [4.69, 9.17) is 23.7 Å². The van der Waals surface area contributed by atoms with Crippen LogP contribution in [0.4, 0.5) is 0 Å². The van der Waals surface area contributed by atoms with Gasteiger partial charge in [0.1, 0.15) is 24.1 Å². The summed E-state index contributed by atoms with van der Waals surface area (Å²) in [5.74, 6) is -1.07. The number of carbonyl (C=O) groups is 4. The van der Waals surface area contributed by atoms with Crippen molar-refractivity contribution in [3.05, 3.63) is 11.6 Å². The highest BCUT2D eigenvalue weighted by atomic mass is 16.7. The summed E-state index contributed by atoms with van der Waals surface area (Å²) in [4.78, 5) is 51.4. The minimum atomic E-state index is -1.42. The highest BCUT2D eigenvalue weighted by molar-refractivity contribution is 5.85. The number of hydrogen-bond donors (Lipinski definition) is 2. The van der Waals surface area contributed by atoms with Crippen LogP contribution in [0.15, 0.2) is 11.6 Å². The van der Waals surface area contributed by atoms with E-state index in [9.17, 15) is 29.4 Å². The molecule has 5 aliphatic carbocycles. The van der Waals surface area contributed by atoms with E-state index in [0.29, 0.717) is 32.3 Å². The van der Waals surface area contributed by atoms with Crippen molar-refractivity contribution in [1.29, 1.82) is 0 Å². The number of fused-ring (bicyclic) bond motifs is 7. The minimum absolute atomic E-state index is 0.108. The summed E-state index contributed by atoms with van der Waals surface area (Å²) < 4.78 is 30.8. The standard InChI is InChI=1S/C41H62O11/c1-21-11-14-41(20-49-23(3)42)16-15-39(9)26(31(41)22(21)2)17-28(50-24(4)43)35-38(8)13-12-30(46)37(6,7)34(38)29(18-40(35,39)10)52-36-33(51-25(5)44)32(47)27(45)19-48-36/h11,22,26-29,31-36,45,47H,12-20H2,1-10H3/t22-,26-,27+,28-,29+,31-,32+,33-,34+,35-,36+,38+,39-,40-,41-/m1/s1. The number of esters is 3. The van der Waals surface area contributed by atoms with Gasteiger partial charge in [-0.3, -0.25) is 19.2 Å². The van der Waals surface area contributed by atoms with Gasteiger partial charge in [0.2, 0.25) is 0 Å². The van der Waals surface area contributed by atoms with Gasteiger partial charge in [0.05, 0.1) is 19.3 Å². The van der Waals surface area contributed by atoms with Gasteiger partial charge in [0, 0.05) is 49.9 Å². The summed E-state index contributed by atoms with van der Waals surface area (Å²) >= 11 is 0. The van der Waals surface area contributed by atoms with E-state index in [1.54, 1.807) is 0 Å². The molecule has 11 nitrogen and oxygen atoms in total. The summed E-state index contributed by atoms with van der Waals surface area (Å²) in [5.41, 5.74) is -1.02. The highest BCUT2D eigenvalue weighted by Crippen LogP contribution is 2.77. The molecule has 1 saturated heterocycles. The number of carbonyl (C=O) groups excluding carboxylic acids is 4. The molecular weight excluding hydrogens is 668 g/mol. The molecule has 1 aliphatic heterocycles. The number of aliphatic hydroxyl groups excluding tert-OH is 2. The van der Waals surface area contributed by atoms with Crippen molar-refractivity contribution in [2.45, 2.75) is 151 Å². The second-order valence-corrected chi connectivity index (χ2v) is 18.8. The zero-order chi connectivity index (χ0) is 38.3. The third-order valence-corrected chi connectivity index (χ3v) is 15.8. The van der Waals surface area contributed by atoms with Crippen LogP contribution in [-0.4, -0.2) is 83.9 Å². The van der Waals surface area contributed by atoms with Crippen LogP contribution in [0, 0.1) is 56.7 Å². The van der Waals surface area contributed by atoms with Crippen molar-refractivity contribution in [1.82, 2.24) is 0 Å². The Kier molecular flexibility index (Phi) is 10.2. The van der Waals surface area contributed by atoms with Crippen LogP contribution in [0.25, 0.3) is 0 Å². The van der Waals surface area contributed by atoms with E-state index in [0.717, 1.165) is 19.3 Å². The number of aliphatic hydroxyl groups is 2. The van der Waals surface area contributed by atoms with Gasteiger partial charge in [-0.2, -0.15) is 0 Å². The largest absolute Gasteiger partial charge is 0.465 e. The molecule has 0 amide bonds. The van der Waals surface area contributed by atoms with Crippen LogP contribution in [-0.2, 0) is 42.9 Å².